The second kappa shape index (κ2) is 7.00. The molecular weight excluding hydrogens is 380 g/mol. The van der Waals surface area contributed by atoms with Crippen molar-refractivity contribution < 1.29 is 9.21 Å². The number of hydrogen-bond acceptors (Lipinski definition) is 5. The number of nitrogens with zero attached hydrogens (tertiary/aromatic N) is 4. The molecular formula is C22H18N6O2. The van der Waals surface area contributed by atoms with Gasteiger partial charge in [-0.2, -0.15) is 0 Å². The summed E-state index contributed by atoms with van der Waals surface area (Å²) >= 11 is 0. The minimum Gasteiger partial charge on any atom is -0.461 e. The molecule has 3 heterocycles. The van der Waals surface area contributed by atoms with E-state index in [1.165, 1.54) is 0 Å². The Morgan fingerprint density at radius 1 is 1.10 bits per heavy atom. The van der Waals surface area contributed by atoms with E-state index in [0.29, 0.717) is 23.0 Å². The minimum atomic E-state index is -0.323. The number of amides is 1. The molecule has 0 fully saturated rings. The highest BCUT2D eigenvalue weighted by Crippen LogP contribution is 2.23. The molecule has 2 N–H and O–H groups in total. The van der Waals surface area contributed by atoms with Gasteiger partial charge < -0.3 is 14.7 Å². The van der Waals surface area contributed by atoms with E-state index in [1.807, 2.05) is 56.3 Å². The van der Waals surface area contributed by atoms with Crippen LogP contribution >= 0.6 is 0 Å². The van der Waals surface area contributed by atoms with Crippen molar-refractivity contribution >= 4 is 22.6 Å². The standard InChI is InChI=1S/C22H18N6O2/c1-13-5-3-6-16(11-13)28-14(2)20(26-27-28)22(29)23-15-8-9-17-18(12-15)25-21(24-17)19-7-4-10-30-19/h3-12H,1-2H3,(H,23,29)(H,24,25). The number of imidazole rings is 1. The average Bonchev–Trinajstić information content (AvgIpc) is 3.47. The summed E-state index contributed by atoms with van der Waals surface area (Å²) in [7, 11) is 0. The molecule has 0 aliphatic carbocycles. The SMILES string of the molecule is Cc1cccc(-n2nnc(C(=O)Nc3ccc4nc(-c5ccco5)[nH]c4c3)c2C)c1. The van der Waals surface area contributed by atoms with E-state index < -0.39 is 0 Å². The lowest BCUT2D eigenvalue weighted by molar-refractivity contribution is 0.102. The zero-order valence-corrected chi connectivity index (χ0v) is 16.4. The van der Waals surface area contributed by atoms with E-state index in [2.05, 4.69) is 25.6 Å². The zero-order chi connectivity index (χ0) is 20.7. The van der Waals surface area contributed by atoms with Crippen LogP contribution in [0, 0.1) is 13.8 Å². The number of H-pyrrole nitrogens is 1. The average molecular weight is 398 g/mol. The summed E-state index contributed by atoms with van der Waals surface area (Å²) in [6.07, 6.45) is 1.60. The van der Waals surface area contributed by atoms with Crippen LogP contribution in [0.2, 0.25) is 0 Å². The maximum atomic E-state index is 12.8. The molecule has 0 aliphatic heterocycles. The first-order valence-electron chi connectivity index (χ1n) is 9.43. The van der Waals surface area contributed by atoms with Gasteiger partial charge in [-0.1, -0.05) is 17.3 Å². The van der Waals surface area contributed by atoms with Gasteiger partial charge in [0.15, 0.2) is 17.3 Å². The molecule has 0 atom stereocenters. The fraction of sp³-hybridized carbons (Fsp3) is 0.0909. The third-order valence-corrected chi connectivity index (χ3v) is 4.85. The molecule has 5 aromatic rings. The number of anilines is 1. The van der Waals surface area contributed by atoms with Crippen LogP contribution in [0.3, 0.4) is 0 Å². The fourth-order valence-electron chi connectivity index (χ4n) is 3.35. The van der Waals surface area contributed by atoms with E-state index in [9.17, 15) is 4.79 Å². The predicted molar refractivity (Wildman–Crippen MR) is 113 cm³/mol. The first kappa shape index (κ1) is 17.9. The normalized spacial score (nSPS) is 11.1. The second-order valence-corrected chi connectivity index (χ2v) is 7.02. The molecule has 8 nitrogen and oxygen atoms in total. The number of carbonyl (C=O) groups excluding carboxylic acids is 1. The first-order valence-corrected chi connectivity index (χ1v) is 9.43. The Morgan fingerprint density at radius 2 is 2.00 bits per heavy atom. The molecule has 0 radical (unpaired) electrons. The van der Waals surface area contributed by atoms with Gasteiger partial charge in [0.25, 0.3) is 5.91 Å². The molecule has 0 spiro atoms. The Bertz CT molecular complexity index is 1360. The number of rotatable bonds is 4. The lowest BCUT2D eigenvalue weighted by atomic mass is 10.2. The molecule has 0 unspecified atom stereocenters. The summed E-state index contributed by atoms with van der Waals surface area (Å²) in [5.41, 5.74) is 5.11. The van der Waals surface area contributed by atoms with Gasteiger partial charge in [-0.25, -0.2) is 9.67 Å². The van der Waals surface area contributed by atoms with Crippen molar-refractivity contribution in [3.05, 3.63) is 77.8 Å². The molecule has 2 aromatic carbocycles. The highest BCUT2D eigenvalue weighted by molar-refractivity contribution is 6.04. The van der Waals surface area contributed by atoms with Crippen molar-refractivity contribution in [1.29, 1.82) is 0 Å². The highest BCUT2D eigenvalue weighted by atomic mass is 16.3. The number of hydrogen-bond donors (Lipinski definition) is 2. The molecule has 1 amide bonds. The minimum absolute atomic E-state index is 0.275. The van der Waals surface area contributed by atoms with Crippen molar-refractivity contribution in [3.63, 3.8) is 0 Å². The largest absolute Gasteiger partial charge is 0.461 e. The summed E-state index contributed by atoms with van der Waals surface area (Å²) in [6.45, 7) is 3.83. The number of carbonyl (C=O) groups is 1. The number of aromatic amines is 1. The monoisotopic (exact) mass is 398 g/mol. The number of nitrogens with one attached hydrogen (secondary N) is 2. The van der Waals surface area contributed by atoms with Gasteiger partial charge in [0.2, 0.25) is 0 Å². The van der Waals surface area contributed by atoms with Crippen LogP contribution in [-0.4, -0.2) is 30.9 Å². The van der Waals surface area contributed by atoms with Gasteiger partial charge in [0, 0.05) is 5.69 Å². The lowest BCUT2D eigenvalue weighted by Gasteiger charge is -2.06. The number of aromatic nitrogens is 5. The number of furan rings is 1. The van der Waals surface area contributed by atoms with Gasteiger partial charge in [0.1, 0.15) is 0 Å². The third-order valence-electron chi connectivity index (χ3n) is 4.85. The van der Waals surface area contributed by atoms with Crippen molar-refractivity contribution in [2.45, 2.75) is 13.8 Å². The number of aryl methyl sites for hydroxylation is 1. The Balaban J connectivity index is 1.41. The molecule has 5 rings (SSSR count). The van der Waals surface area contributed by atoms with Gasteiger partial charge in [-0.3, -0.25) is 4.79 Å². The van der Waals surface area contributed by atoms with Crippen LogP contribution in [0.4, 0.5) is 5.69 Å². The Labute approximate surface area is 171 Å². The third kappa shape index (κ3) is 3.14. The van der Waals surface area contributed by atoms with Crippen LogP contribution in [-0.2, 0) is 0 Å². The van der Waals surface area contributed by atoms with Crippen LogP contribution < -0.4 is 5.32 Å². The van der Waals surface area contributed by atoms with Gasteiger partial charge in [-0.05, 0) is 61.9 Å². The van der Waals surface area contributed by atoms with Crippen molar-refractivity contribution in [2.24, 2.45) is 0 Å². The number of fused-ring (bicyclic) bond motifs is 1. The zero-order valence-electron chi connectivity index (χ0n) is 16.4. The molecule has 0 aliphatic rings. The molecule has 0 bridgehead atoms. The van der Waals surface area contributed by atoms with E-state index in [-0.39, 0.29) is 11.6 Å². The van der Waals surface area contributed by atoms with E-state index in [4.69, 9.17) is 4.42 Å². The summed E-state index contributed by atoms with van der Waals surface area (Å²) in [6, 6.07) is 17.0. The second-order valence-electron chi connectivity index (χ2n) is 7.02. The topological polar surface area (TPSA) is 102 Å². The smallest absolute Gasteiger partial charge is 0.278 e. The van der Waals surface area contributed by atoms with E-state index in [0.717, 1.165) is 22.3 Å². The maximum Gasteiger partial charge on any atom is 0.278 e. The van der Waals surface area contributed by atoms with E-state index in [1.54, 1.807) is 23.1 Å². The Hall–Kier alpha value is -4.20. The summed E-state index contributed by atoms with van der Waals surface area (Å²) in [4.78, 5) is 20.5. The summed E-state index contributed by atoms with van der Waals surface area (Å²) < 4.78 is 7.04. The van der Waals surface area contributed by atoms with Crippen molar-refractivity contribution in [3.8, 4) is 17.3 Å². The predicted octanol–water partition coefficient (Wildman–Crippen LogP) is 4.27. The van der Waals surface area contributed by atoms with Crippen molar-refractivity contribution in [2.75, 3.05) is 5.32 Å². The molecule has 3 aromatic heterocycles. The quantitative estimate of drug-likeness (QED) is 0.471. The summed E-state index contributed by atoms with van der Waals surface area (Å²) in [5.74, 6) is 0.965. The molecule has 148 valence electrons. The highest BCUT2D eigenvalue weighted by Gasteiger charge is 2.18. The van der Waals surface area contributed by atoms with Crippen LogP contribution in [0.1, 0.15) is 21.7 Å². The van der Waals surface area contributed by atoms with Gasteiger partial charge in [0.05, 0.1) is 28.7 Å². The van der Waals surface area contributed by atoms with Crippen LogP contribution in [0.25, 0.3) is 28.3 Å². The maximum absolute atomic E-state index is 12.8. The van der Waals surface area contributed by atoms with Gasteiger partial charge in [-0.15, -0.1) is 5.10 Å². The van der Waals surface area contributed by atoms with E-state index >= 15 is 0 Å². The van der Waals surface area contributed by atoms with Gasteiger partial charge >= 0.3 is 0 Å². The Kier molecular flexibility index (Phi) is 4.17. The molecule has 30 heavy (non-hydrogen) atoms. The fourth-order valence-corrected chi connectivity index (χ4v) is 3.35. The lowest BCUT2D eigenvalue weighted by Crippen LogP contribution is -2.14. The molecule has 8 heteroatoms. The molecule has 0 saturated carbocycles. The van der Waals surface area contributed by atoms with Crippen LogP contribution in [0.5, 0.6) is 0 Å². The van der Waals surface area contributed by atoms with Crippen molar-refractivity contribution in [1.82, 2.24) is 25.0 Å². The Morgan fingerprint density at radius 3 is 2.80 bits per heavy atom. The molecule has 0 saturated heterocycles. The number of benzene rings is 2. The summed E-state index contributed by atoms with van der Waals surface area (Å²) in [5, 5.41) is 11.1. The first-order chi connectivity index (χ1) is 14.6. The van der Waals surface area contributed by atoms with Crippen LogP contribution in [0.15, 0.2) is 65.3 Å².